The number of carboxylic acid groups (broad SMARTS) is 1. The molecule has 1 aromatic rings. The van der Waals surface area contributed by atoms with E-state index in [1.165, 1.54) is 17.0 Å². The average Bonchev–Trinajstić information content (AvgIpc) is 3.05. The molecular formula is C15H15N3O3. The van der Waals surface area contributed by atoms with Crippen molar-refractivity contribution >= 4 is 18.0 Å². The third-order valence-corrected chi connectivity index (χ3v) is 4.39. The van der Waals surface area contributed by atoms with Crippen LogP contribution in [0.15, 0.2) is 23.4 Å². The highest BCUT2D eigenvalue weighted by Crippen LogP contribution is 2.39. The van der Waals surface area contributed by atoms with Gasteiger partial charge in [0.05, 0.1) is 11.7 Å². The third kappa shape index (κ3) is 1.75. The Hall–Kier alpha value is -2.37. The largest absolute Gasteiger partial charge is 0.477 e. The molecule has 1 aromatic heterocycles. The Morgan fingerprint density at radius 1 is 1.43 bits per heavy atom. The van der Waals surface area contributed by atoms with Crippen LogP contribution in [0.5, 0.6) is 0 Å². The van der Waals surface area contributed by atoms with Gasteiger partial charge in [-0.1, -0.05) is 6.08 Å². The van der Waals surface area contributed by atoms with Gasteiger partial charge in [-0.05, 0) is 37.8 Å². The molecular weight excluding hydrogens is 270 g/mol. The van der Waals surface area contributed by atoms with E-state index in [0.717, 1.165) is 25.1 Å². The van der Waals surface area contributed by atoms with Crippen LogP contribution in [0.1, 0.15) is 30.7 Å². The van der Waals surface area contributed by atoms with Crippen molar-refractivity contribution in [1.29, 1.82) is 0 Å². The first-order valence-electron chi connectivity index (χ1n) is 7.20. The van der Waals surface area contributed by atoms with Gasteiger partial charge in [0.15, 0.2) is 0 Å². The number of amides is 1. The van der Waals surface area contributed by atoms with Gasteiger partial charge in [-0.2, -0.15) is 5.10 Å². The van der Waals surface area contributed by atoms with Crippen LogP contribution >= 0.6 is 0 Å². The molecule has 4 rings (SSSR count). The Balaban J connectivity index is 1.60. The van der Waals surface area contributed by atoms with Gasteiger partial charge < -0.3 is 5.11 Å². The lowest BCUT2D eigenvalue weighted by atomic mass is 9.93. The molecule has 3 aliphatic rings. The Labute approximate surface area is 121 Å². The number of hydrogen-bond donors (Lipinski definition) is 1. The van der Waals surface area contributed by atoms with E-state index in [1.807, 2.05) is 16.8 Å². The van der Waals surface area contributed by atoms with Crippen LogP contribution in [0.4, 0.5) is 0 Å². The van der Waals surface area contributed by atoms with Gasteiger partial charge in [0, 0.05) is 17.8 Å². The van der Waals surface area contributed by atoms with E-state index in [2.05, 4.69) is 5.10 Å². The summed E-state index contributed by atoms with van der Waals surface area (Å²) in [6.07, 6.45) is 7.36. The SMILES string of the molecule is O=C(O)C1=CC[C@@H]2C(=Cc3cc4n(n3)CCCC4)C(=O)N12. The fraction of sp³-hybridized carbons (Fsp3) is 0.400. The molecule has 4 heterocycles. The van der Waals surface area contributed by atoms with E-state index in [4.69, 9.17) is 5.11 Å². The molecule has 1 atom stereocenters. The number of fused-ring (bicyclic) bond motifs is 2. The number of hydrogen-bond acceptors (Lipinski definition) is 3. The normalized spacial score (nSPS) is 25.4. The number of rotatable bonds is 2. The molecule has 0 aliphatic carbocycles. The van der Waals surface area contributed by atoms with E-state index >= 15 is 0 Å². The van der Waals surface area contributed by atoms with Crippen molar-refractivity contribution in [3.8, 4) is 0 Å². The summed E-state index contributed by atoms with van der Waals surface area (Å²) in [6, 6.07) is 1.91. The molecule has 1 fully saturated rings. The molecule has 21 heavy (non-hydrogen) atoms. The van der Waals surface area contributed by atoms with Crippen LogP contribution in [0.3, 0.4) is 0 Å². The summed E-state index contributed by atoms with van der Waals surface area (Å²) in [5.41, 5.74) is 2.79. The Morgan fingerprint density at radius 2 is 2.29 bits per heavy atom. The number of carbonyl (C=O) groups is 2. The first kappa shape index (κ1) is 12.4. The Kier molecular flexibility index (Phi) is 2.54. The molecule has 108 valence electrons. The molecule has 0 unspecified atom stereocenters. The molecule has 0 bridgehead atoms. The number of aromatic nitrogens is 2. The van der Waals surface area contributed by atoms with Gasteiger partial charge in [0.1, 0.15) is 5.70 Å². The maximum atomic E-state index is 12.1. The van der Waals surface area contributed by atoms with Crippen molar-refractivity contribution in [3.63, 3.8) is 0 Å². The first-order valence-corrected chi connectivity index (χ1v) is 7.20. The van der Waals surface area contributed by atoms with Crippen LogP contribution in [-0.2, 0) is 22.6 Å². The lowest BCUT2D eigenvalue weighted by molar-refractivity contribution is -0.142. The quantitative estimate of drug-likeness (QED) is 0.654. The maximum Gasteiger partial charge on any atom is 0.352 e. The van der Waals surface area contributed by atoms with E-state index in [1.54, 1.807) is 6.08 Å². The summed E-state index contributed by atoms with van der Waals surface area (Å²) in [7, 11) is 0. The van der Waals surface area contributed by atoms with Crippen LogP contribution in [0.25, 0.3) is 6.08 Å². The molecule has 1 saturated heterocycles. The summed E-state index contributed by atoms with van der Waals surface area (Å²) < 4.78 is 2.01. The predicted molar refractivity (Wildman–Crippen MR) is 74.1 cm³/mol. The van der Waals surface area contributed by atoms with Gasteiger partial charge >= 0.3 is 5.97 Å². The zero-order valence-corrected chi connectivity index (χ0v) is 11.5. The standard InChI is InChI=1S/C15H15N3O3/c19-14-11(12-4-5-13(15(20)21)18(12)14)8-9-7-10-3-1-2-6-17(10)16-9/h5,7-8,12H,1-4,6H2,(H,20,21)/t12-/m1/s1. The minimum Gasteiger partial charge on any atom is -0.477 e. The highest BCUT2D eigenvalue weighted by molar-refractivity contribution is 6.10. The fourth-order valence-electron chi connectivity index (χ4n) is 3.35. The summed E-state index contributed by atoms with van der Waals surface area (Å²) in [6.45, 7) is 0.937. The molecule has 1 amide bonds. The lowest BCUT2D eigenvalue weighted by Crippen LogP contribution is -2.52. The maximum absolute atomic E-state index is 12.1. The number of aryl methyl sites for hydroxylation is 2. The van der Waals surface area contributed by atoms with E-state index in [0.29, 0.717) is 12.0 Å². The Bertz CT molecular complexity index is 690. The second-order valence-electron chi connectivity index (χ2n) is 5.66. The summed E-state index contributed by atoms with van der Waals surface area (Å²) >= 11 is 0. The molecule has 0 spiro atoms. The zero-order chi connectivity index (χ0) is 14.6. The summed E-state index contributed by atoms with van der Waals surface area (Å²) in [5, 5.41) is 13.6. The minimum absolute atomic E-state index is 0.103. The smallest absolute Gasteiger partial charge is 0.352 e. The van der Waals surface area contributed by atoms with Crippen molar-refractivity contribution < 1.29 is 14.7 Å². The lowest BCUT2D eigenvalue weighted by Gasteiger charge is -2.38. The Morgan fingerprint density at radius 3 is 3.05 bits per heavy atom. The van der Waals surface area contributed by atoms with Crippen LogP contribution < -0.4 is 0 Å². The molecule has 3 aliphatic heterocycles. The molecule has 6 nitrogen and oxygen atoms in total. The van der Waals surface area contributed by atoms with Gasteiger partial charge in [0.2, 0.25) is 0 Å². The number of aliphatic carboxylic acids is 1. The summed E-state index contributed by atoms with van der Waals surface area (Å²) in [5.74, 6) is -1.25. The van der Waals surface area contributed by atoms with Crippen molar-refractivity contribution in [1.82, 2.24) is 14.7 Å². The molecule has 0 aromatic carbocycles. The van der Waals surface area contributed by atoms with Crippen molar-refractivity contribution in [2.24, 2.45) is 0 Å². The van der Waals surface area contributed by atoms with Gasteiger partial charge in [-0.15, -0.1) is 0 Å². The van der Waals surface area contributed by atoms with E-state index < -0.39 is 5.97 Å². The minimum atomic E-state index is -1.04. The zero-order valence-electron chi connectivity index (χ0n) is 11.5. The van der Waals surface area contributed by atoms with Crippen molar-refractivity contribution in [2.45, 2.75) is 38.3 Å². The highest BCUT2D eigenvalue weighted by atomic mass is 16.4. The topological polar surface area (TPSA) is 75.4 Å². The molecule has 0 radical (unpaired) electrons. The molecule has 0 saturated carbocycles. The second-order valence-corrected chi connectivity index (χ2v) is 5.66. The van der Waals surface area contributed by atoms with Crippen LogP contribution in [0.2, 0.25) is 0 Å². The number of carboxylic acids is 1. The van der Waals surface area contributed by atoms with Gasteiger partial charge in [-0.3, -0.25) is 14.4 Å². The van der Waals surface area contributed by atoms with Crippen molar-refractivity contribution in [2.75, 3.05) is 0 Å². The van der Waals surface area contributed by atoms with E-state index in [-0.39, 0.29) is 17.6 Å². The van der Waals surface area contributed by atoms with Gasteiger partial charge in [-0.25, -0.2) is 4.79 Å². The second kappa shape index (κ2) is 4.31. The average molecular weight is 285 g/mol. The summed E-state index contributed by atoms with van der Waals surface area (Å²) in [4.78, 5) is 24.5. The third-order valence-electron chi connectivity index (χ3n) is 4.39. The molecule has 6 heteroatoms. The fourth-order valence-corrected chi connectivity index (χ4v) is 3.35. The predicted octanol–water partition coefficient (Wildman–Crippen LogP) is 1.19. The van der Waals surface area contributed by atoms with Crippen LogP contribution in [0, 0.1) is 0 Å². The number of β-lactam (4-membered cyclic amide) rings is 1. The highest BCUT2D eigenvalue weighted by Gasteiger charge is 2.48. The number of nitrogens with zero attached hydrogens (tertiary/aromatic N) is 3. The number of carbonyl (C=O) groups excluding carboxylic acids is 1. The van der Waals surface area contributed by atoms with Gasteiger partial charge in [0.25, 0.3) is 5.91 Å². The first-order chi connectivity index (χ1) is 10.1. The van der Waals surface area contributed by atoms with Crippen LogP contribution in [-0.4, -0.2) is 37.7 Å². The monoisotopic (exact) mass is 285 g/mol. The van der Waals surface area contributed by atoms with Crippen molar-refractivity contribution in [3.05, 3.63) is 34.8 Å². The van der Waals surface area contributed by atoms with E-state index in [9.17, 15) is 9.59 Å². The molecule has 1 N–H and O–H groups in total.